The molecule has 0 unspecified atom stereocenters. The Balaban J connectivity index is 2.40. The van der Waals surface area contributed by atoms with Gasteiger partial charge in [-0.3, -0.25) is 9.52 Å². The minimum atomic E-state index is -3.53. The molecule has 0 heterocycles. The molecule has 1 N–H and O–H groups in total. The average molecular weight is 365 g/mol. The SMILES string of the molecule is CCCS(=O)(=O)Nc1cc(C(=O)c2ccc(F)c(C)c2)ccc1OC. The van der Waals surface area contributed by atoms with Crippen LogP contribution < -0.4 is 9.46 Å². The van der Waals surface area contributed by atoms with E-state index < -0.39 is 10.0 Å². The van der Waals surface area contributed by atoms with Crippen LogP contribution in [0.25, 0.3) is 0 Å². The lowest BCUT2D eigenvalue weighted by Gasteiger charge is -2.13. The van der Waals surface area contributed by atoms with Gasteiger partial charge in [0.25, 0.3) is 0 Å². The molecule has 0 saturated heterocycles. The maximum absolute atomic E-state index is 13.4. The number of rotatable bonds is 7. The van der Waals surface area contributed by atoms with E-state index in [-0.39, 0.29) is 28.6 Å². The number of benzene rings is 2. The van der Waals surface area contributed by atoms with Gasteiger partial charge in [0.2, 0.25) is 10.0 Å². The van der Waals surface area contributed by atoms with Gasteiger partial charge < -0.3 is 4.74 Å². The zero-order chi connectivity index (χ0) is 18.6. The zero-order valence-electron chi connectivity index (χ0n) is 14.3. The van der Waals surface area contributed by atoms with Crippen LogP contribution in [0.4, 0.5) is 10.1 Å². The van der Waals surface area contributed by atoms with Crippen molar-refractivity contribution in [3.05, 3.63) is 58.9 Å². The van der Waals surface area contributed by atoms with E-state index in [4.69, 9.17) is 4.74 Å². The van der Waals surface area contributed by atoms with Crippen molar-refractivity contribution in [1.82, 2.24) is 0 Å². The minimum absolute atomic E-state index is 0.0362. The maximum Gasteiger partial charge on any atom is 0.232 e. The molecule has 134 valence electrons. The summed E-state index contributed by atoms with van der Waals surface area (Å²) in [5.41, 5.74) is 1.16. The lowest BCUT2D eigenvalue weighted by molar-refractivity contribution is 0.103. The van der Waals surface area contributed by atoms with Crippen LogP contribution in [-0.4, -0.2) is 27.1 Å². The highest BCUT2D eigenvalue weighted by Crippen LogP contribution is 2.28. The van der Waals surface area contributed by atoms with E-state index in [1.165, 1.54) is 43.5 Å². The summed E-state index contributed by atoms with van der Waals surface area (Å²) in [7, 11) is -2.11. The predicted molar refractivity (Wildman–Crippen MR) is 95.3 cm³/mol. The first-order chi connectivity index (χ1) is 11.8. The number of methoxy groups -OCH3 is 1. The third-order valence-corrected chi connectivity index (χ3v) is 5.10. The molecule has 0 atom stereocenters. The summed E-state index contributed by atoms with van der Waals surface area (Å²) in [5.74, 6) is -0.446. The number of hydrogen-bond donors (Lipinski definition) is 1. The second-order valence-electron chi connectivity index (χ2n) is 5.63. The highest BCUT2D eigenvalue weighted by Gasteiger charge is 2.17. The molecular formula is C18H20FNO4S. The number of carbonyl (C=O) groups excluding carboxylic acids is 1. The van der Waals surface area contributed by atoms with E-state index in [0.717, 1.165) is 0 Å². The summed E-state index contributed by atoms with van der Waals surface area (Å²) in [6.45, 7) is 3.33. The van der Waals surface area contributed by atoms with Crippen LogP contribution in [0.2, 0.25) is 0 Å². The Bertz CT molecular complexity index is 894. The highest BCUT2D eigenvalue weighted by molar-refractivity contribution is 7.92. The number of ether oxygens (including phenoxy) is 1. The van der Waals surface area contributed by atoms with Crippen molar-refractivity contribution in [2.45, 2.75) is 20.3 Å². The number of anilines is 1. The molecule has 0 spiro atoms. The van der Waals surface area contributed by atoms with Crippen LogP contribution >= 0.6 is 0 Å². The molecule has 2 aromatic carbocycles. The first-order valence-electron chi connectivity index (χ1n) is 7.76. The van der Waals surface area contributed by atoms with Crippen LogP contribution in [-0.2, 0) is 10.0 Å². The topological polar surface area (TPSA) is 72.5 Å². The maximum atomic E-state index is 13.4. The van der Waals surface area contributed by atoms with Crippen molar-refractivity contribution in [3.8, 4) is 5.75 Å². The molecule has 0 bridgehead atoms. The third-order valence-electron chi connectivity index (χ3n) is 3.62. The first-order valence-corrected chi connectivity index (χ1v) is 9.42. The summed E-state index contributed by atoms with van der Waals surface area (Å²) in [5, 5.41) is 0. The largest absolute Gasteiger partial charge is 0.495 e. The van der Waals surface area contributed by atoms with Crippen LogP contribution in [0.5, 0.6) is 5.75 Å². The Morgan fingerprint density at radius 2 is 1.80 bits per heavy atom. The van der Waals surface area contributed by atoms with Crippen LogP contribution in [0.1, 0.15) is 34.8 Å². The molecule has 2 aromatic rings. The van der Waals surface area contributed by atoms with Crippen molar-refractivity contribution in [2.24, 2.45) is 0 Å². The second kappa shape index (κ2) is 7.65. The van der Waals surface area contributed by atoms with Gasteiger partial charge in [0.05, 0.1) is 18.6 Å². The standard InChI is InChI=1S/C18H20FNO4S/c1-4-9-25(22,23)20-16-11-14(6-8-17(16)24-3)18(21)13-5-7-15(19)12(2)10-13/h5-8,10-11,20H,4,9H2,1-3H3. The fourth-order valence-corrected chi connectivity index (χ4v) is 3.50. The molecule has 0 aliphatic heterocycles. The van der Waals surface area contributed by atoms with Gasteiger partial charge in [-0.1, -0.05) is 6.92 Å². The molecule has 0 aromatic heterocycles. The first kappa shape index (κ1) is 18.9. The van der Waals surface area contributed by atoms with Crippen LogP contribution in [0.15, 0.2) is 36.4 Å². The highest BCUT2D eigenvalue weighted by atomic mass is 32.2. The summed E-state index contributed by atoms with van der Waals surface area (Å²) < 4.78 is 45.0. The Hall–Kier alpha value is -2.41. The Kier molecular flexibility index (Phi) is 5.79. The zero-order valence-corrected chi connectivity index (χ0v) is 15.1. The molecule has 7 heteroatoms. The van der Waals surface area contributed by atoms with Crippen LogP contribution in [0.3, 0.4) is 0 Å². The van der Waals surface area contributed by atoms with Gasteiger partial charge in [-0.2, -0.15) is 0 Å². The molecule has 0 radical (unpaired) electrons. The lowest BCUT2D eigenvalue weighted by Crippen LogP contribution is -2.17. The quantitative estimate of drug-likeness (QED) is 0.762. The monoisotopic (exact) mass is 365 g/mol. The molecule has 25 heavy (non-hydrogen) atoms. The molecule has 0 amide bonds. The Morgan fingerprint density at radius 3 is 2.40 bits per heavy atom. The van der Waals surface area contributed by atoms with E-state index in [1.807, 2.05) is 0 Å². The summed E-state index contributed by atoms with van der Waals surface area (Å²) >= 11 is 0. The summed E-state index contributed by atoms with van der Waals surface area (Å²) in [6, 6.07) is 8.58. The van der Waals surface area contributed by atoms with Crippen molar-refractivity contribution in [1.29, 1.82) is 0 Å². The van der Waals surface area contributed by atoms with Gasteiger partial charge in [-0.25, -0.2) is 12.8 Å². The normalized spacial score (nSPS) is 11.2. The van der Waals surface area contributed by atoms with E-state index in [9.17, 15) is 17.6 Å². The fourth-order valence-electron chi connectivity index (χ4n) is 2.37. The number of nitrogens with one attached hydrogen (secondary N) is 1. The molecule has 0 saturated carbocycles. The van der Waals surface area contributed by atoms with Crippen molar-refractivity contribution < 1.29 is 22.3 Å². The average Bonchev–Trinajstić information content (AvgIpc) is 2.56. The van der Waals surface area contributed by atoms with Crippen molar-refractivity contribution in [2.75, 3.05) is 17.6 Å². The van der Waals surface area contributed by atoms with E-state index in [0.29, 0.717) is 23.3 Å². The van der Waals surface area contributed by atoms with Gasteiger partial charge in [-0.05, 0) is 55.3 Å². The van der Waals surface area contributed by atoms with Gasteiger partial charge in [0.15, 0.2) is 5.78 Å². The predicted octanol–water partition coefficient (Wildman–Crippen LogP) is 3.53. The van der Waals surface area contributed by atoms with Gasteiger partial charge in [0, 0.05) is 11.1 Å². The van der Waals surface area contributed by atoms with Gasteiger partial charge in [0.1, 0.15) is 11.6 Å². The molecule has 0 aliphatic carbocycles. The molecule has 0 aliphatic rings. The molecule has 0 fully saturated rings. The summed E-state index contributed by atoms with van der Waals surface area (Å²) in [6.07, 6.45) is 0.463. The van der Waals surface area contributed by atoms with E-state index >= 15 is 0 Å². The van der Waals surface area contributed by atoms with Crippen molar-refractivity contribution in [3.63, 3.8) is 0 Å². The van der Waals surface area contributed by atoms with E-state index in [1.54, 1.807) is 13.8 Å². The number of ketones is 1. The fraction of sp³-hybridized carbons (Fsp3) is 0.278. The van der Waals surface area contributed by atoms with Crippen molar-refractivity contribution >= 4 is 21.5 Å². The molecule has 5 nitrogen and oxygen atoms in total. The Morgan fingerprint density at radius 1 is 1.16 bits per heavy atom. The van der Waals surface area contributed by atoms with Gasteiger partial charge >= 0.3 is 0 Å². The van der Waals surface area contributed by atoms with Crippen LogP contribution in [0, 0.1) is 12.7 Å². The van der Waals surface area contributed by atoms with Gasteiger partial charge in [-0.15, -0.1) is 0 Å². The Labute approximate surface area is 146 Å². The second-order valence-corrected chi connectivity index (χ2v) is 7.47. The van der Waals surface area contributed by atoms with E-state index in [2.05, 4.69) is 4.72 Å². The minimum Gasteiger partial charge on any atom is -0.495 e. The number of aryl methyl sites for hydroxylation is 1. The number of carbonyl (C=O) groups is 1. The third kappa shape index (κ3) is 4.57. The summed E-state index contributed by atoms with van der Waals surface area (Å²) in [4.78, 5) is 12.6. The molecular weight excluding hydrogens is 345 g/mol. The number of halogens is 1. The number of sulfonamides is 1. The number of hydrogen-bond acceptors (Lipinski definition) is 4. The lowest BCUT2D eigenvalue weighted by atomic mass is 10.0. The molecule has 2 rings (SSSR count). The smallest absolute Gasteiger partial charge is 0.232 e.